The van der Waals surface area contributed by atoms with E-state index in [1.165, 1.54) is 4.68 Å². The highest BCUT2D eigenvalue weighted by Gasteiger charge is 2.12. The first kappa shape index (κ1) is 14.4. The standard InChI is InChI=1S/C14H15ClN2O3/c1-17-14(18)9(8-15)6-12(16-17)11-5-4-10(19-2)7-13(11)20-3/h4-7H,8H2,1-3H3. The lowest BCUT2D eigenvalue weighted by molar-refractivity contribution is 0.395. The van der Waals surface area contributed by atoms with Crippen molar-refractivity contribution >= 4 is 11.6 Å². The van der Waals surface area contributed by atoms with Crippen molar-refractivity contribution in [3.63, 3.8) is 0 Å². The van der Waals surface area contributed by atoms with Gasteiger partial charge >= 0.3 is 0 Å². The molecule has 0 fully saturated rings. The van der Waals surface area contributed by atoms with Crippen molar-refractivity contribution in [1.29, 1.82) is 0 Å². The number of aromatic nitrogens is 2. The molecule has 0 aliphatic heterocycles. The first-order valence-electron chi connectivity index (χ1n) is 5.96. The fraction of sp³-hybridized carbons (Fsp3) is 0.286. The van der Waals surface area contributed by atoms with Gasteiger partial charge in [-0.05, 0) is 18.2 Å². The maximum absolute atomic E-state index is 11.8. The summed E-state index contributed by atoms with van der Waals surface area (Å²) in [5.41, 5.74) is 1.70. The summed E-state index contributed by atoms with van der Waals surface area (Å²) < 4.78 is 11.8. The molecular weight excluding hydrogens is 280 g/mol. The third-order valence-corrected chi connectivity index (χ3v) is 3.25. The molecule has 0 amide bonds. The zero-order valence-electron chi connectivity index (χ0n) is 11.5. The number of benzene rings is 1. The van der Waals surface area contributed by atoms with Gasteiger partial charge < -0.3 is 9.47 Å². The van der Waals surface area contributed by atoms with E-state index in [1.807, 2.05) is 12.1 Å². The molecule has 0 bridgehead atoms. The number of hydrogen-bond acceptors (Lipinski definition) is 4. The summed E-state index contributed by atoms with van der Waals surface area (Å²) in [5, 5.41) is 4.24. The van der Waals surface area contributed by atoms with Crippen LogP contribution in [0.5, 0.6) is 11.5 Å². The number of ether oxygens (including phenoxy) is 2. The van der Waals surface area contributed by atoms with Crippen molar-refractivity contribution in [2.45, 2.75) is 5.88 Å². The van der Waals surface area contributed by atoms with E-state index in [9.17, 15) is 4.79 Å². The first-order valence-corrected chi connectivity index (χ1v) is 6.49. The molecule has 0 atom stereocenters. The van der Waals surface area contributed by atoms with Crippen LogP contribution in [0.1, 0.15) is 5.56 Å². The van der Waals surface area contributed by atoms with Crippen LogP contribution < -0.4 is 15.0 Å². The number of rotatable bonds is 4. The van der Waals surface area contributed by atoms with Crippen LogP contribution in [0.25, 0.3) is 11.3 Å². The smallest absolute Gasteiger partial charge is 0.270 e. The van der Waals surface area contributed by atoms with E-state index in [1.54, 1.807) is 33.4 Å². The van der Waals surface area contributed by atoms with Crippen LogP contribution in [-0.2, 0) is 12.9 Å². The van der Waals surface area contributed by atoms with E-state index in [4.69, 9.17) is 21.1 Å². The van der Waals surface area contributed by atoms with E-state index >= 15 is 0 Å². The maximum atomic E-state index is 11.8. The van der Waals surface area contributed by atoms with Crippen LogP contribution in [-0.4, -0.2) is 24.0 Å². The van der Waals surface area contributed by atoms with Crippen molar-refractivity contribution in [1.82, 2.24) is 9.78 Å². The molecule has 5 nitrogen and oxygen atoms in total. The Hall–Kier alpha value is -2.01. The Bertz CT molecular complexity index is 683. The fourth-order valence-corrected chi connectivity index (χ4v) is 2.10. The Kier molecular flexibility index (Phi) is 4.29. The first-order chi connectivity index (χ1) is 9.60. The van der Waals surface area contributed by atoms with Gasteiger partial charge in [0.15, 0.2) is 0 Å². The quantitative estimate of drug-likeness (QED) is 0.811. The largest absolute Gasteiger partial charge is 0.497 e. The van der Waals surface area contributed by atoms with Crippen molar-refractivity contribution in [3.05, 3.63) is 40.2 Å². The number of aryl methyl sites for hydroxylation is 1. The summed E-state index contributed by atoms with van der Waals surface area (Å²) >= 11 is 5.79. The molecule has 1 heterocycles. The monoisotopic (exact) mass is 294 g/mol. The zero-order chi connectivity index (χ0) is 14.7. The SMILES string of the molecule is COc1ccc(-c2cc(CCl)c(=O)n(C)n2)c(OC)c1. The summed E-state index contributed by atoms with van der Waals surface area (Å²) in [6.07, 6.45) is 0. The molecule has 0 saturated carbocycles. The normalized spacial score (nSPS) is 10.4. The van der Waals surface area contributed by atoms with E-state index in [0.29, 0.717) is 22.8 Å². The predicted octanol–water partition coefficient (Wildman–Crippen LogP) is 2.20. The molecule has 2 rings (SSSR count). The summed E-state index contributed by atoms with van der Waals surface area (Å²) in [7, 11) is 4.76. The highest BCUT2D eigenvalue weighted by Crippen LogP contribution is 2.32. The maximum Gasteiger partial charge on any atom is 0.270 e. The second-order valence-electron chi connectivity index (χ2n) is 4.18. The van der Waals surface area contributed by atoms with Gasteiger partial charge in [-0.2, -0.15) is 5.10 Å². The molecule has 1 aromatic heterocycles. The lowest BCUT2D eigenvalue weighted by Crippen LogP contribution is -2.23. The number of halogens is 1. The Morgan fingerprint density at radius 1 is 1.25 bits per heavy atom. The van der Waals surface area contributed by atoms with Gasteiger partial charge in [-0.3, -0.25) is 4.79 Å². The fourth-order valence-electron chi connectivity index (χ4n) is 1.91. The molecule has 6 heteroatoms. The predicted molar refractivity (Wildman–Crippen MR) is 77.6 cm³/mol. The molecule has 0 aliphatic rings. The Morgan fingerprint density at radius 2 is 2.00 bits per heavy atom. The molecule has 0 spiro atoms. The summed E-state index contributed by atoms with van der Waals surface area (Å²) in [4.78, 5) is 11.8. The topological polar surface area (TPSA) is 53.4 Å². The minimum absolute atomic E-state index is 0.140. The number of hydrogen-bond donors (Lipinski definition) is 0. The zero-order valence-corrected chi connectivity index (χ0v) is 12.3. The van der Waals surface area contributed by atoms with E-state index in [-0.39, 0.29) is 11.4 Å². The molecule has 2 aromatic rings. The molecule has 0 N–H and O–H groups in total. The van der Waals surface area contributed by atoms with Gasteiger partial charge in [0, 0.05) is 24.2 Å². The van der Waals surface area contributed by atoms with Crippen molar-refractivity contribution in [3.8, 4) is 22.8 Å². The van der Waals surface area contributed by atoms with E-state index < -0.39 is 0 Å². The Labute approximate surface area is 121 Å². The van der Waals surface area contributed by atoms with Gasteiger partial charge in [-0.1, -0.05) is 0 Å². The van der Waals surface area contributed by atoms with Crippen LogP contribution in [0, 0.1) is 0 Å². The molecular formula is C14H15ClN2O3. The van der Waals surface area contributed by atoms with Gasteiger partial charge in [0.1, 0.15) is 11.5 Å². The molecule has 0 radical (unpaired) electrons. The molecule has 106 valence electrons. The third-order valence-electron chi connectivity index (χ3n) is 2.97. The second-order valence-corrected chi connectivity index (χ2v) is 4.45. The molecule has 0 unspecified atom stereocenters. The Morgan fingerprint density at radius 3 is 2.60 bits per heavy atom. The lowest BCUT2D eigenvalue weighted by atomic mass is 10.1. The summed E-state index contributed by atoms with van der Waals surface area (Å²) in [5.74, 6) is 1.45. The second kappa shape index (κ2) is 5.96. The lowest BCUT2D eigenvalue weighted by Gasteiger charge is -2.11. The van der Waals surface area contributed by atoms with Gasteiger partial charge in [-0.25, -0.2) is 4.68 Å². The number of nitrogens with zero attached hydrogens (tertiary/aromatic N) is 2. The van der Waals surface area contributed by atoms with Crippen LogP contribution >= 0.6 is 11.6 Å². The van der Waals surface area contributed by atoms with Crippen LogP contribution in [0.4, 0.5) is 0 Å². The van der Waals surface area contributed by atoms with Crippen molar-refractivity contribution < 1.29 is 9.47 Å². The molecule has 20 heavy (non-hydrogen) atoms. The minimum atomic E-state index is -0.198. The summed E-state index contributed by atoms with van der Waals surface area (Å²) in [6.45, 7) is 0. The van der Waals surface area contributed by atoms with E-state index in [0.717, 1.165) is 5.56 Å². The average Bonchev–Trinajstić information content (AvgIpc) is 2.49. The van der Waals surface area contributed by atoms with Gasteiger partial charge in [0.25, 0.3) is 5.56 Å². The number of alkyl halides is 1. The van der Waals surface area contributed by atoms with Gasteiger partial charge in [0.2, 0.25) is 0 Å². The highest BCUT2D eigenvalue weighted by molar-refractivity contribution is 6.17. The van der Waals surface area contributed by atoms with E-state index in [2.05, 4.69) is 5.10 Å². The van der Waals surface area contributed by atoms with Gasteiger partial charge in [-0.15, -0.1) is 11.6 Å². The molecule has 0 saturated heterocycles. The van der Waals surface area contributed by atoms with Crippen LogP contribution in [0.15, 0.2) is 29.1 Å². The minimum Gasteiger partial charge on any atom is -0.497 e. The third kappa shape index (κ3) is 2.63. The van der Waals surface area contributed by atoms with Crippen LogP contribution in [0.2, 0.25) is 0 Å². The highest BCUT2D eigenvalue weighted by atomic mass is 35.5. The summed E-state index contributed by atoms with van der Waals surface area (Å²) in [6, 6.07) is 7.09. The molecule has 0 aliphatic carbocycles. The Balaban J connectivity index is 2.62. The number of methoxy groups -OCH3 is 2. The van der Waals surface area contributed by atoms with Crippen molar-refractivity contribution in [2.75, 3.05) is 14.2 Å². The van der Waals surface area contributed by atoms with Gasteiger partial charge in [0.05, 0.1) is 25.8 Å². The average molecular weight is 295 g/mol. The van der Waals surface area contributed by atoms with Crippen LogP contribution in [0.3, 0.4) is 0 Å². The molecule has 1 aromatic carbocycles. The van der Waals surface area contributed by atoms with Crippen molar-refractivity contribution in [2.24, 2.45) is 7.05 Å².